The summed E-state index contributed by atoms with van der Waals surface area (Å²) in [4.78, 5) is 32.6. The van der Waals surface area contributed by atoms with Gasteiger partial charge in [0.25, 0.3) is 5.91 Å². The van der Waals surface area contributed by atoms with Crippen molar-refractivity contribution in [2.75, 3.05) is 6.54 Å². The van der Waals surface area contributed by atoms with Crippen LogP contribution in [-0.2, 0) is 0 Å². The Labute approximate surface area is 138 Å². The van der Waals surface area contributed by atoms with Gasteiger partial charge in [0.2, 0.25) is 0 Å². The molecule has 0 radical (unpaired) electrons. The Morgan fingerprint density at radius 2 is 2.21 bits per heavy atom. The molecule has 0 unspecified atom stereocenters. The topological polar surface area (TPSA) is 79.2 Å². The Hall–Kier alpha value is -2.89. The van der Waals surface area contributed by atoms with E-state index < -0.39 is 0 Å². The molecule has 1 aliphatic heterocycles. The summed E-state index contributed by atoms with van der Waals surface area (Å²) in [5, 5.41) is 0.923. The van der Waals surface area contributed by atoms with Gasteiger partial charge >= 0.3 is 5.69 Å². The Kier molecular flexibility index (Phi) is 3.45. The second-order valence-electron chi connectivity index (χ2n) is 6.10. The van der Waals surface area contributed by atoms with Gasteiger partial charge in [-0.25, -0.2) is 9.78 Å². The van der Waals surface area contributed by atoms with Crippen LogP contribution in [0.5, 0.6) is 0 Å². The van der Waals surface area contributed by atoms with Crippen LogP contribution in [0.25, 0.3) is 11.0 Å². The second-order valence-corrected chi connectivity index (χ2v) is 6.10. The van der Waals surface area contributed by atoms with Gasteiger partial charge in [-0.3, -0.25) is 4.79 Å². The van der Waals surface area contributed by atoms with E-state index in [2.05, 4.69) is 9.97 Å². The van der Waals surface area contributed by atoms with Crippen LogP contribution in [0, 0.1) is 6.92 Å². The molecule has 6 heteroatoms. The number of aromatic amines is 1. The summed E-state index contributed by atoms with van der Waals surface area (Å²) in [6, 6.07) is 9.05. The molecular weight excluding hydrogens is 306 g/mol. The Morgan fingerprint density at radius 1 is 1.33 bits per heavy atom. The first-order valence-electron chi connectivity index (χ1n) is 7.98. The molecule has 3 heterocycles. The molecule has 1 N–H and O–H groups in total. The molecule has 1 aromatic carbocycles. The van der Waals surface area contributed by atoms with Crippen LogP contribution < -0.4 is 5.69 Å². The number of furan rings is 1. The van der Waals surface area contributed by atoms with Crippen molar-refractivity contribution in [3.8, 4) is 0 Å². The highest BCUT2D eigenvalue weighted by Crippen LogP contribution is 2.32. The summed E-state index contributed by atoms with van der Waals surface area (Å²) in [5.41, 5.74) is 1.76. The maximum atomic E-state index is 13.0. The van der Waals surface area contributed by atoms with Crippen LogP contribution >= 0.6 is 0 Å². The zero-order valence-corrected chi connectivity index (χ0v) is 13.3. The minimum Gasteiger partial charge on any atom is -0.461 e. The lowest BCUT2D eigenvalue weighted by atomic mass is 10.1. The van der Waals surface area contributed by atoms with E-state index in [1.807, 2.05) is 30.0 Å². The Bertz CT molecular complexity index is 973. The first-order chi connectivity index (χ1) is 11.6. The number of amides is 1. The molecule has 0 aliphatic carbocycles. The van der Waals surface area contributed by atoms with E-state index in [0.717, 1.165) is 35.3 Å². The number of hydrogen-bond acceptors (Lipinski definition) is 4. The van der Waals surface area contributed by atoms with Crippen molar-refractivity contribution >= 4 is 16.9 Å². The molecule has 24 heavy (non-hydrogen) atoms. The van der Waals surface area contributed by atoms with Gasteiger partial charge in [0.05, 0.1) is 6.04 Å². The molecule has 0 bridgehead atoms. The third-order valence-corrected chi connectivity index (χ3v) is 4.46. The van der Waals surface area contributed by atoms with Crippen LogP contribution in [0.15, 0.2) is 45.7 Å². The number of nitrogens with zero attached hydrogens (tertiary/aromatic N) is 2. The normalized spacial score (nSPS) is 17.5. The van der Waals surface area contributed by atoms with Crippen LogP contribution in [0.1, 0.15) is 40.7 Å². The third kappa shape index (κ3) is 2.50. The van der Waals surface area contributed by atoms with Gasteiger partial charge in [-0.1, -0.05) is 0 Å². The summed E-state index contributed by atoms with van der Waals surface area (Å²) in [5.74, 6) is 0.791. The predicted molar refractivity (Wildman–Crippen MR) is 88.8 cm³/mol. The first kappa shape index (κ1) is 14.7. The number of fused-ring (bicyclic) bond motifs is 1. The molecule has 0 saturated carbocycles. The number of aromatic nitrogens is 2. The monoisotopic (exact) mass is 323 g/mol. The van der Waals surface area contributed by atoms with Crippen LogP contribution in [0.3, 0.4) is 0 Å². The first-order valence-corrected chi connectivity index (χ1v) is 7.98. The van der Waals surface area contributed by atoms with Crippen LogP contribution in [0.4, 0.5) is 0 Å². The van der Waals surface area contributed by atoms with Gasteiger partial charge in [-0.15, -0.1) is 0 Å². The van der Waals surface area contributed by atoms with Gasteiger partial charge in [0, 0.05) is 29.4 Å². The van der Waals surface area contributed by atoms with E-state index in [0.29, 0.717) is 12.1 Å². The van der Waals surface area contributed by atoms with Crippen molar-refractivity contribution in [1.29, 1.82) is 0 Å². The maximum absolute atomic E-state index is 13.0. The molecule has 4 rings (SSSR count). The number of benzene rings is 1. The fourth-order valence-electron chi connectivity index (χ4n) is 3.39. The fraction of sp³-hybridized carbons (Fsp3) is 0.278. The lowest BCUT2D eigenvalue weighted by Gasteiger charge is -2.24. The van der Waals surface area contributed by atoms with E-state index >= 15 is 0 Å². The molecule has 1 fully saturated rings. The van der Waals surface area contributed by atoms with Crippen molar-refractivity contribution < 1.29 is 9.21 Å². The summed E-state index contributed by atoms with van der Waals surface area (Å²) in [6.45, 7) is 2.56. The number of aryl methyl sites for hydroxylation is 1. The van der Waals surface area contributed by atoms with Crippen molar-refractivity contribution in [1.82, 2.24) is 14.9 Å². The number of hydrogen-bond donors (Lipinski definition) is 1. The minimum atomic E-state index is -0.387. The van der Waals surface area contributed by atoms with Crippen molar-refractivity contribution in [2.24, 2.45) is 0 Å². The van der Waals surface area contributed by atoms with E-state index in [4.69, 9.17) is 4.42 Å². The fourth-order valence-corrected chi connectivity index (χ4v) is 3.39. The molecule has 2 aromatic heterocycles. The average molecular weight is 323 g/mol. The third-order valence-electron chi connectivity index (χ3n) is 4.46. The molecule has 1 saturated heterocycles. The molecule has 1 aliphatic rings. The number of rotatable bonds is 2. The summed E-state index contributed by atoms with van der Waals surface area (Å²) in [6.07, 6.45) is 3.22. The highest BCUT2D eigenvalue weighted by molar-refractivity contribution is 5.98. The van der Waals surface area contributed by atoms with E-state index in [1.165, 1.54) is 6.20 Å². The molecular formula is C18H17N3O3. The number of likely N-dealkylation sites (tertiary alicyclic amines) is 1. The number of carbonyl (C=O) groups is 1. The van der Waals surface area contributed by atoms with E-state index in [1.54, 1.807) is 12.1 Å². The van der Waals surface area contributed by atoms with Gasteiger partial charge in [0.1, 0.15) is 11.3 Å². The SMILES string of the molecule is Cc1cc2cc(C(=O)N3CCC[C@H]3c3ccnc(=O)[nH]3)ccc2o1. The maximum Gasteiger partial charge on any atom is 0.345 e. The van der Waals surface area contributed by atoms with Crippen LogP contribution in [-0.4, -0.2) is 27.3 Å². The molecule has 6 nitrogen and oxygen atoms in total. The highest BCUT2D eigenvalue weighted by atomic mass is 16.3. The molecule has 0 spiro atoms. The molecule has 1 amide bonds. The zero-order valence-electron chi connectivity index (χ0n) is 13.3. The summed E-state index contributed by atoms with van der Waals surface area (Å²) < 4.78 is 5.56. The molecule has 122 valence electrons. The predicted octanol–water partition coefficient (Wildman–Crippen LogP) is 2.80. The standard InChI is InChI=1S/C18H17N3O3/c1-11-9-13-10-12(4-5-16(13)24-11)17(22)21-8-2-3-15(21)14-6-7-19-18(23)20-14/h4-7,9-10,15H,2-3,8H2,1H3,(H,19,20,23)/t15-/m0/s1. The van der Waals surface area contributed by atoms with Crippen molar-refractivity contribution in [2.45, 2.75) is 25.8 Å². The average Bonchev–Trinajstić information content (AvgIpc) is 3.18. The van der Waals surface area contributed by atoms with Gasteiger partial charge in [-0.2, -0.15) is 0 Å². The number of carbonyl (C=O) groups excluding carboxylic acids is 1. The van der Waals surface area contributed by atoms with Gasteiger partial charge < -0.3 is 14.3 Å². The van der Waals surface area contributed by atoms with Crippen molar-refractivity contribution in [3.63, 3.8) is 0 Å². The second kappa shape index (κ2) is 5.63. The zero-order chi connectivity index (χ0) is 16.7. The minimum absolute atomic E-state index is 0.0316. The Balaban J connectivity index is 1.67. The van der Waals surface area contributed by atoms with Gasteiger partial charge in [-0.05, 0) is 50.1 Å². The van der Waals surface area contributed by atoms with Crippen molar-refractivity contribution in [3.05, 3.63) is 64.0 Å². The number of nitrogens with one attached hydrogen (secondary N) is 1. The van der Waals surface area contributed by atoms with E-state index in [-0.39, 0.29) is 17.6 Å². The Morgan fingerprint density at radius 3 is 3.04 bits per heavy atom. The van der Waals surface area contributed by atoms with Crippen LogP contribution in [0.2, 0.25) is 0 Å². The summed E-state index contributed by atoms with van der Waals surface area (Å²) in [7, 11) is 0. The summed E-state index contributed by atoms with van der Waals surface area (Å²) >= 11 is 0. The lowest BCUT2D eigenvalue weighted by molar-refractivity contribution is 0.0733. The largest absolute Gasteiger partial charge is 0.461 e. The highest BCUT2D eigenvalue weighted by Gasteiger charge is 2.31. The van der Waals surface area contributed by atoms with Gasteiger partial charge in [0.15, 0.2) is 0 Å². The lowest BCUT2D eigenvalue weighted by Crippen LogP contribution is -2.31. The molecule has 1 atom stereocenters. The smallest absolute Gasteiger partial charge is 0.345 e. The quantitative estimate of drug-likeness (QED) is 0.786. The molecule has 3 aromatic rings. The van der Waals surface area contributed by atoms with E-state index in [9.17, 15) is 9.59 Å². The number of H-pyrrole nitrogens is 1.